The van der Waals surface area contributed by atoms with Gasteiger partial charge in [-0.3, -0.25) is 0 Å². The third kappa shape index (κ3) is 7.20. The van der Waals surface area contributed by atoms with Crippen LogP contribution in [-0.4, -0.2) is 26.6 Å². The van der Waals surface area contributed by atoms with Crippen LogP contribution in [0.5, 0.6) is 11.5 Å². The van der Waals surface area contributed by atoms with Crippen molar-refractivity contribution in [2.75, 3.05) is 26.6 Å². The highest BCUT2D eigenvalue weighted by Crippen LogP contribution is 2.36. The Balaban J connectivity index is 0.000000388. The van der Waals surface area contributed by atoms with Gasteiger partial charge in [-0.15, -0.1) is 0 Å². The van der Waals surface area contributed by atoms with Crippen LogP contribution in [0, 0.1) is 0 Å². The van der Waals surface area contributed by atoms with Gasteiger partial charge in [0.05, 0.1) is 7.11 Å². The number of benzene rings is 2. The zero-order chi connectivity index (χ0) is 16.9. The maximum Gasteiger partial charge on any atom is 0.162 e. The molecule has 0 bridgehead atoms. The fraction of sp³-hybridized carbons (Fsp3) is 0.333. The molecule has 0 N–H and O–H groups in total. The van der Waals surface area contributed by atoms with E-state index < -0.39 is 0 Å². The maximum atomic E-state index is 5.56. The quantitative estimate of drug-likeness (QED) is 0.676. The molecule has 1 heterocycles. The van der Waals surface area contributed by atoms with Gasteiger partial charge in [-0.1, -0.05) is 43.8 Å². The molecule has 2 aromatic carbocycles. The maximum absolute atomic E-state index is 5.56. The van der Waals surface area contributed by atoms with Crippen LogP contribution in [0.4, 0.5) is 0 Å². The minimum absolute atomic E-state index is 0.631. The van der Waals surface area contributed by atoms with E-state index in [4.69, 9.17) is 9.47 Å². The van der Waals surface area contributed by atoms with Crippen molar-refractivity contribution in [3.05, 3.63) is 48.5 Å². The minimum Gasteiger partial charge on any atom is -0.486 e. The third-order valence-electron chi connectivity index (χ3n) is 2.66. The molecule has 23 heavy (non-hydrogen) atoms. The predicted octanol–water partition coefficient (Wildman–Crippen LogP) is 5.55. The molecule has 0 aliphatic carbocycles. The van der Waals surface area contributed by atoms with Crippen molar-refractivity contribution in [3.63, 3.8) is 0 Å². The molecule has 1 aliphatic rings. The standard InChI is InChI=1S/C14H12O2S.C2H6OS.C2H6/c1-2-4-11(5-3-1)17-12-6-7-13-14(10-12)16-9-8-15-13;1-3-4-2;1-2/h1-7,10H,8-9H2;1-2H3;1-2H3. The summed E-state index contributed by atoms with van der Waals surface area (Å²) in [5.41, 5.74) is 0. The van der Waals surface area contributed by atoms with Crippen LogP contribution in [0.15, 0.2) is 58.3 Å². The topological polar surface area (TPSA) is 27.7 Å². The molecular formula is C18H24O3S2. The lowest BCUT2D eigenvalue weighted by Crippen LogP contribution is -2.15. The number of hydrogen-bond acceptors (Lipinski definition) is 5. The van der Waals surface area contributed by atoms with Crippen molar-refractivity contribution in [3.8, 4) is 11.5 Å². The lowest BCUT2D eigenvalue weighted by atomic mass is 10.3. The number of hydrogen-bond donors (Lipinski definition) is 0. The van der Waals surface area contributed by atoms with Crippen molar-refractivity contribution in [2.45, 2.75) is 23.6 Å². The summed E-state index contributed by atoms with van der Waals surface area (Å²) in [6.45, 7) is 5.27. The third-order valence-corrected chi connectivity index (χ3v) is 3.99. The van der Waals surface area contributed by atoms with Gasteiger partial charge >= 0.3 is 0 Å². The average Bonchev–Trinajstić information content (AvgIpc) is 2.64. The van der Waals surface area contributed by atoms with E-state index in [9.17, 15) is 0 Å². The number of ether oxygens (including phenoxy) is 2. The van der Waals surface area contributed by atoms with Crippen LogP contribution in [-0.2, 0) is 4.18 Å². The number of rotatable bonds is 3. The fourth-order valence-corrected chi connectivity index (χ4v) is 2.58. The average molecular weight is 353 g/mol. The van der Waals surface area contributed by atoms with E-state index in [1.165, 1.54) is 21.8 Å². The molecule has 126 valence electrons. The Hall–Kier alpha value is -1.30. The van der Waals surface area contributed by atoms with Gasteiger partial charge < -0.3 is 13.7 Å². The molecule has 0 aromatic heterocycles. The van der Waals surface area contributed by atoms with Gasteiger partial charge in [0, 0.05) is 16.0 Å². The Morgan fingerprint density at radius 2 is 1.48 bits per heavy atom. The second kappa shape index (κ2) is 12.2. The molecule has 0 saturated carbocycles. The van der Waals surface area contributed by atoms with E-state index in [0.29, 0.717) is 13.2 Å². The zero-order valence-corrected chi connectivity index (χ0v) is 15.7. The van der Waals surface area contributed by atoms with Gasteiger partial charge in [0.2, 0.25) is 0 Å². The molecule has 0 amide bonds. The molecule has 1 aliphatic heterocycles. The normalized spacial score (nSPS) is 11.5. The largest absolute Gasteiger partial charge is 0.486 e. The number of fused-ring (bicyclic) bond motifs is 1. The molecule has 2 aromatic rings. The Morgan fingerprint density at radius 3 is 2.09 bits per heavy atom. The molecule has 5 heteroatoms. The van der Waals surface area contributed by atoms with Crippen LogP contribution in [0.3, 0.4) is 0 Å². The summed E-state index contributed by atoms with van der Waals surface area (Å²) in [5.74, 6) is 1.69. The van der Waals surface area contributed by atoms with Gasteiger partial charge in [0.15, 0.2) is 11.5 Å². The lowest BCUT2D eigenvalue weighted by Gasteiger charge is -2.18. The van der Waals surface area contributed by atoms with E-state index in [0.717, 1.165) is 11.5 Å². The van der Waals surface area contributed by atoms with E-state index in [1.54, 1.807) is 18.9 Å². The summed E-state index contributed by atoms with van der Waals surface area (Å²) in [5, 5.41) is 0. The first-order valence-electron chi connectivity index (χ1n) is 7.53. The lowest BCUT2D eigenvalue weighted by molar-refractivity contribution is 0.171. The van der Waals surface area contributed by atoms with Crippen LogP contribution in [0.25, 0.3) is 0 Å². The summed E-state index contributed by atoms with van der Waals surface area (Å²) in [7, 11) is 1.64. The van der Waals surface area contributed by atoms with Gasteiger partial charge in [0.25, 0.3) is 0 Å². The summed E-state index contributed by atoms with van der Waals surface area (Å²) < 4.78 is 15.5. The SMILES string of the molecule is CC.COSC.c1ccc(Sc2ccc3c(c2)OCCO3)cc1. The predicted molar refractivity (Wildman–Crippen MR) is 99.9 cm³/mol. The Bertz CT molecular complexity index is 545. The highest BCUT2D eigenvalue weighted by molar-refractivity contribution is 7.99. The molecular weight excluding hydrogens is 328 g/mol. The Kier molecular flexibility index (Phi) is 10.4. The molecule has 0 saturated heterocycles. The van der Waals surface area contributed by atoms with Gasteiger partial charge in [-0.25, -0.2) is 0 Å². The smallest absolute Gasteiger partial charge is 0.162 e. The Labute approximate surface area is 147 Å². The molecule has 0 unspecified atom stereocenters. The molecule has 0 radical (unpaired) electrons. The zero-order valence-electron chi connectivity index (χ0n) is 14.1. The highest BCUT2D eigenvalue weighted by atomic mass is 32.2. The highest BCUT2D eigenvalue weighted by Gasteiger charge is 2.11. The van der Waals surface area contributed by atoms with Crippen LogP contribution >= 0.6 is 23.8 Å². The van der Waals surface area contributed by atoms with Crippen LogP contribution in [0.1, 0.15) is 13.8 Å². The van der Waals surface area contributed by atoms with Crippen molar-refractivity contribution in [2.24, 2.45) is 0 Å². The second-order valence-corrected chi connectivity index (χ2v) is 5.87. The first-order chi connectivity index (χ1) is 11.3. The molecule has 0 atom stereocenters. The van der Waals surface area contributed by atoms with E-state index in [2.05, 4.69) is 22.4 Å². The first-order valence-corrected chi connectivity index (χ1v) is 9.49. The second-order valence-electron chi connectivity index (χ2n) is 4.05. The molecule has 0 spiro atoms. The Morgan fingerprint density at radius 1 is 0.870 bits per heavy atom. The monoisotopic (exact) mass is 352 g/mol. The van der Waals surface area contributed by atoms with Gasteiger partial charge in [0.1, 0.15) is 13.2 Å². The summed E-state index contributed by atoms with van der Waals surface area (Å²) in [6, 6.07) is 16.4. The van der Waals surface area contributed by atoms with E-state index >= 15 is 0 Å². The van der Waals surface area contributed by atoms with Gasteiger partial charge in [-0.05, 0) is 42.4 Å². The van der Waals surface area contributed by atoms with E-state index in [-0.39, 0.29) is 0 Å². The first kappa shape index (κ1) is 19.7. The van der Waals surface area contributed by atoms with E-state index in [1.807, 2.05) is 50.4 Å². The van der Waals surface area contributed by atoms with Crippen LogP contribution < -0.4 is 9.47 Å². The van der Waals surface area contributed by atoms with Gasteiger partial charge in [-0.2, -0.15) is 0 Å². The van der Waals surface area contributed by atoms with Crippen LogP contribution in [0.2, 0.25) is 0 Å². The summed E-state index contributed by atoms with van der Waals surface area (Å²) in [6.07, 6.45) is 1.88. The summed E-state index contributed by atoms with van der Waals surface area (Å²) >= 11 is 3.08. The minimum atomic E-state index is 0.631. The van der Waals surface area contributed by atoms with Crippen molar-refractivity contribution < 1.29 is 13.7 Å². The van der Waals surface area contributed by atoms with Crippen molar-refractivity contribution >= 4 is 23.8 Å². The molecule has 0 fully saturated rings. The molecule has 3 rings (SSSR count). The molecule has 3 nitrogen and oxygen atoms in total. The van der Waals surface area contributed by atoms with Crippen molar-refractivity contribution in [1.29, 1.82) is 0 Å². The summed E-state index contributed by atoms with van der Waals surface area (Å²) in [4.78, 5) is 2.39. The fourth-order valence-electron chi connectivity index (χ4n) is 1.71. The van der Waals surface area contributed by atoms with Crippen molar-refractivity contribution in [1.82, 2.24) is 0 Å².